The van der Waals surface area contributed by atoms with Gasteiger partial charge in [-0.3, -0.25) is 0 Å². The van der Waals surface area contributed by atoms with Crippen molar-refractivity contribution in [2.75, 3.05) is 18.1 Å². The van der Waals surface area contributed by atoms with Crippen molar-refractivity contribution in [3.63, 3.8) is 0 Å². The van der Waals surface area contributed by atoms with Gasteiger partial charge < -0.3 is 10.8 Å². The maximum Gasteiger partial charge on any atom is 0.0439 e. The first-order valence-electron chi connectivity index (χ1n) is 4.34. The molecule has 0 radical (unpaired) electrons. The number of aliphatic hydroxyl groups excluding tert-OH is 1. The number of benzene rings is 1. The van der Waals surface area contributed by atoms with Crippen LogP contribution in [-0.4, -0.2) is 17.5 Å². The molecule has 0 bridgehead atoms. The van der Waals surface area contributed by atoms with Crippen LogP contribution < -0.4 is 5.73 Å². The summed E-state index contributed by atoms with van der Waals surface area (Å²) in [7, 11) is 0. The fourth-order valence-corrected chi connectivity index (χ4v) is 1.85. The molecular weight excluding hydrogens is 182 g/mol. The van der Waals surface area contributed by atoms with E-state index in [4.69, 9.17) is 10.8 Å². The highest BCUT2D eigenvalue weighted by molar-refractivity contribution is 7.99. The van der Waals surface area contributed by atoms with Crippen molar-refractivity contribution >= 4 is 17.4 Å². The Bertz CT molecular complexity index is 276. The topological polar surface area (TPSA) is 46.2 Å². The van der Waals surface area contributed by atoms with E-state index in [0.29, 0.717) is 0 Å². The van der Waals surface area contributed by atoms with Crippen LogP contribution in [0.3, 0.4) is 0 Å². The molecule has 0 heterocycles. The minimum atomic E-state index is 0.258. The molecule has 72 valence electrons. The van der Waals surface area contributed by atoms with Gasteiger partial charge in [-0.1, -0.05) is 6.07 Å². The highest BCUT2D eigenvalue weighted by Crippen LogP contribution is 2.22. The molecule has 0 fully saturated rings. The zero-order valence-corrected chi connectivity index (χ0v) is 8.60. The SMILES string of the molecule is Cc1ccc(SCCCO)cc1N. The molecule has 2 nitrogen and oxygen atoms in total. The van der Waals surface area contributed by atoms with Crippen LogP contribution in [-0.2, 0) is 0 Å². The minimum Gasteiger partial charge on any atom is -0.398 e. The smallest absolute Gasteiger partial charge is 0.0439 e. The standard InChI is InChI=1S/C10H15NOS/c1-8-3-4-9(7-10(8)11)13-6-2-5-12/h3-4,7,12H,2,5-6,11H2,1H3. The van der Waals surface area contributed by atoms with Gasteiger partial charge in [0.2, 0.25) is 0 Å². The zero-order chi connectivity index (χ0) is 9.68. The Morgan fingerprint density at radius 2 is 2.23 bits per heavy atom. The average Bonchev–Trinajstić information content (AvgIpc) is 2.12. The van der Waals surface area contributed by atoms with Crippen LogP contribution >= 0.6 is 11.8 Å². The maximum atomic E-state index is 8.60. The van der Waals surface area contributed by atoms with Crippen molar-refractivity contribution in [1.29, 1.82) is 0 Å². The lowest BCUT2D eigenvalue weighted by Gasteiger charge is -2.03. The van der Waals surface area contributed by atoms with Crippen molar-refractivity contribution in [3.05, 3.63) is 23.8 Å². The Balaban J connectivity index is 2.53. The Hall–Kier alpha value is -0.670. The number of nitrogen functional groups attached to an aromatic ring is 1. The Labute approximate surface area is 83.1 Å². The van der Waals surface area contributed by atoms with Gasteiger partial charge in [-0.25, -0.2) is 0 Å². The third-order valence-electron chi connectivity index (χ3n) is 1.82. The molecule has 1 aromatic rings. The number of thioether (sulfide) groups is 1. The lowest BCUT2D eigenvalue weighted by molar-refractivity contribution is 0.296. The zero-order valence-electron chi connectivity index (χ0n) is 7.79. The summed E-state index contributed by atoms with van der Waals surface area (Å²) in [4.78, 5) is 1.18. The van der Waals surface area contributed by atoms with E-state index in [0.717, 1.165) is 23.4 Å². The first-order valence-corrected chi connectivity index (χ1v) is 5.32. The molecule has 3 N–H and O–H groups in total. The van der Waals surface area contributed by atoms with E-state index in [1.54, 1.807) is 11.8 Å². The predicted octanol–water partition coefficient (Wildman–Crippen LogP) is 2.05. The molecule has 0 aliphatic carbocycles. The van der Waals surface area contributed by atoms with Gasteiger partial charge in [0.05, 0.1) is 0 Å². The quantitative estimate of drug-likeness (QED) is 0.441. The number of aliphatic hydroxyl groups is 1. The van der Waals surface area contributed by atoms with Crippen LogP contribution in [0.2, 0.25) is 0 Å². The molecule has 0 aromatic heterocycles. The molecular formula is C10H15NOS. The van der Waals surface area contributed by atoms with Gasteiger partial charge in [-0.15, -0.1) is 11.8 Å². The van der Waals surface area contributed by atoms with Crippen molar-refractivity contribution in [2.24, 2.45) is 0 Å². The molecule has 13 heavy (non-hydrogen) atoms. The van der Waals surface area contributed by atoms with E-state index in [-0.39, 0.29) is 6.61 Å². The van der Waals surface area contributed by atoms with Gasteiger partial charge in [0.25, 0.3) is 0 Å². The summed E-state index contributed by atoms with van der Waals surface area (Å²) < 4.78 is 0. The van der Waals surface area contributed by atoms with Gasteiger partial charge in [0.15, 0.2) is 0 Å². The molecule has 0 saturated heterocycles. The largest absolute Gasteiger partial charge is 0.398 e. The molecule has 0 saturated carbocycles. The van der Waals surface area contributed by atoms with Gasteiger partial charge in [-0.05, 0) is 31.0 Å². The number of hydrogen-bond acceptors (Lipinski definition) is 3. The van der Waals surface area contributed by atoms with Gasteiger partial charge >= 0.3 is 0 Å². The third kappa shape index (κ3) is 3.28. The van der Waals surface area contributed by atoms with Crippen LogP contribution in [0.15, 0.2) is 23.1 Å². The van der Waals surface area contributed by atoms with Crippen LogP contribution in [0.1, 0.15) is 12.0 Å². The van der Waals surface area contributed by atoms with Crippen LogP contribution in [0.5, 0.6) is 0 Å². The fourth-order valence-electron chi connectivity index (χ4n) is 0.963. The van der Waals surface area contributed by atoms with Crippen molar-refractivity contribution in [1.82, 2.24) is 0 Å². The first kappa shape index (κ1) is 10.4. The molecule has 0 unspecified atom stereocenters. The highest BCUT2D eigenvalue weighted by Gasteiger charge is 1.96. The van der Waals surface area contributed by atoms with E-state index in [1.807, 2.05) is 19.1 Å². The Morgan fingerprint density at radius 3 is 2.85 bits per heavy atom. The van der Waals surface area contributed by atoms with Crippen LogP contribution in [0, 0.1) is 6.92 Å². The molecule has 3 heteroatoms. The maximum absolute atomic E-state index is 8.60. The number of anilines is 1. The summed E-state index contributed by atoms with van der Waals surface area (Å²) in [6.45, 7) is 2.26. The number of aryl methyl sites for hydroxylation is 1. The van der Waals surface area contributed by atoms with E-state index < -0.39 is 0 Å². The van der Waals surface area contributed by atoms with Gasteiger partial charge in [0.1, 0.15) is 0 Å². The Kier molecular flexibility index (Phi) is 4.12. The molecule has 0 aliphatic rings. The monoisotopic (exact) mass is 197 g/mol. The second-order valence-corrected chi connectivity index (χ2v) is 4.11. The lowest BCUT2D eigenvalue weighted by Crippen LogP contribution is -1.90. The normalized spacial score (nSPS) is 10.3. The van der Waals surface area contributed by atoms with Crippen molar-refractivity contribution < 1.29 is 5.11 Å². The van der Waals surface area contributed by atoms with Gasteiger partial charge in [0, 0.05) is 22.9 Å². The minimum absolute atomic E-state index is 0.258. The molecule has 0 atom stereocenters. The molecule has 0 aliphatic heterocycles. The summed E-state index contributed by atoms with van der Waals surface area (Å²) in [5, 5.41) is 8.60. The fraction of sp³-hybridized carbons (Fsp3) is 0.400. The van der Waals surface area contributed by atoms with E-state index in [1.165, 1.54) is 4.90 Å². The van der Waals surface area contributed by atoms with Crippen molar-refractivity contribution in [2.45, 2.75) is 18.2 Å². The Morgan fingerprint density at radius 1 is 1.46 bits per heavy atom. The molecule has 0 spiro atoms. The highest BCUT2D eigenvalue weighted by atomic mass is 32.2. The number of rotatable bonds is 4. The lowest BCUT2D eigenvalue weighted by atomic mass is 10.2. The van der Waals surface area contributed by atoms with E-state index >= 15 is 0 Å². The summed E-state index contributed by atoms with van der Waals surface area (Å²) in [6.07, 6.45) is 0.832. The third-order valence-corrected chi connectivity index (χ3v) is 2.90. The number of hydrogen-bond donors (Lipinski definition) is 2. The summed E-state index contributed by atoms with van der Waals surface area (Å²) in [5.74, 6) is 0.943. The molecule has 0 amide bonds. The molecule has 1 aromatic carbocycles. The summed E-state index contributed by atoms with van der Waals surface area (Å²) >= 11 is 1.73. The van der Waals surface area contributed by atoms with Crippen LogP contribution in [0.25, 0.3) is 0 Å². The predicted molar refractivity (Wildman–Crippen MR) is 58.0 cm³/mol. The number of nitrogens with two attached hydrogens (primary N) is 1. The second-order valence-electron chi connectivity index (χ2n) is 2.94. The first-order chi connectivity index (χ1) is 6.24. The summed E-state index contributed by atoms with van der Waals surface area (Å²) in [5.41, 5.74) is 7.72. The van der Waals surface area contributed by atoms with E-state index in [9.17, 15) is 0 Å². The second kappa shape index (κ2) is 5.14. The molecule has 1 rings (SSSR count). The van der Waals surface area contributed by atoms with E-state index in [2.05, 4.69) is 6.07 Å². The van der Waals surface area contributed by atoms with Gasteiger partial charge in [-0.2, -0.15) is 0 Å². The summed E-state index contributed by atoms with van der Waals surface area (Å²) in [6, 6.07) is 6.07. The average molecular weight is 197 g/mol. The van der Waals surface area contributed by atoms with Crippen LogP contribution in [0.4, 0.5) is 5.69 Å². The van der Waals surface area contributed by atoms with Crippen molar-refractivity contribution in [3.8, 4) is 0 Å².